The Labute approximate surface area is 167 Å². The highest BCUT2D eigenvalue weighted by atomic mass is 32.2. The lowest BCUT2D eigenvalue weighted by Crippen LogP contribution is -2.66. The minimum atomic E-state index is -4.32. The lowest BCUT2D eigenvalue weighted by Gasteiger charge is -2.46. The topological polar surface area (TPSA) is 62.6 Å². The van der Waals surface area contributed by atoms with Gasteiger partial charge >= 0.3 is 6.18 Å². The highest BCUT2D eigenvalue weighted by Gasteiger charge is 2.55. The van der Waals surface area contributed by atoms with Crippen LogP contribution >= 0.6 is 11.8 Å². The predicted octanol–water partition coefficient (Wildman–Crippen LogP) is 1.80. The molecule has 1 amide bonds. The van der Waals surface area contributed by atoms with E-state index in [0.29, 0.717) is 32.7 Å². The first kappa shape index (κ1) is 20.1. The SMILES string of the molecule is N#CN1CCN2CCN(C3NC(C(F)(F)F)C(C4CCCCC4)S3)C(=O)[C@H]2C1. The molecule has 0 aromatic rings. The maximum absolute atomic E-state index is 13.7. The van der Waals surface area contributed by atoms with Crippen LogP contribution in [0.1, 0.15) is 32.1 Å². The van der Waals surface area contributed by atoms with Crippen molar-refractivity contribution in [3.8, 4) is 6.19 Å². The fourth-order valence-corrected chi connectivity index (χ4v) is 6.75. The average Bonchev–Trinajstić information content (AvgIpc) is 3.14. The number of alkyl halides is 3. The van der Waals surface area contributed by atoms with E-state index in [1.165, 1.54) is 11.8 Å². The van der Waals surface area contributed by atoms with Gasteiger partial charge in [0.2, 0.25) is 5.91 Å². The van der Waals surface area contributed by atoms with Crippen LogP contribution in [-0.2, 0) is 4.79 Å². The molecule has 10 heteroatoms. The first-order valence-corrected chi connectivity index (χ1v) is 11.0. The molecule has 3 heterocycles. The van der Waals surface area contributed by atoms with Gasteiger partial charge in [-0.1, -0.05) is 19.3 Å². The summed E-state index contributed by atoms with van der Waals surface area (Å²) in [6, 6.07) is -2.01. The van der Waals surface area contributed by atoms with E-state index in [1.54, 1.807) is 9.80 Å². The molecule has 1 saturated carbocycles. The molecule has 0 aromatic heterocycles. The summed E-state index contributed by atoms with van der Waals surface area (Å²) in [5.41, 5.74) is -0.648. The molecule has 4 rings (SSSR count). The van der Waals surface area contributed by atoms with Gasteiger partial charge in [-0.05, 0) is 18.8 Å². The van der Waals surface area contributed by atoms with E-state index in [2.05, 4.69) is 11.5 Å². The number of nitrogens with zero attached hydrogens (tertiary/aromatic N) is 4. The Kier molecular flexibility index (Phi) is 5.69. The van der Waals surface area contributed by atoms with E-state index in [0.717, 1.165) is 32.1 Å². The molecule has 1 N–H and O–H groups in total. The first-order valence-electron chi connectivity index (χ1n) is 10.1. The summed E-state index contributed by atoms with van der Waals surface area (Å²) < 4.78 is 41.2. The van der Waals surface area contributed by atoms with Gasteiger partial charge in [-0.25, -0.2) is 0 Å². The van der Waals surface area contributed by atoms with Crippen molar-refractivity contribution in [3.63, 3.8) is 0 Å². The monoisotopic (exact) mass is 417 g/mol. The maximum Gasteiger partial charge on any atom is 0.405 e. The van der Waals surface area contributed by atoms with Crippen LogP contribution in [0.4, 0.5) is 13.2 Å². The molecule has 3 unspecified atom stereocenters. The fraction of sp³-hybridized carbons (Fsp3) is 0.889. The molecule has 156 valence electrons. The molecule has 4 aliphatic rings. The quantitative estimate of drug-likeness (QED) is 0.692. The van der Waals surface area contributed by atoms with Crippen LogP contribution < -0.4 is 5.32 Å². The van der Waals surface area contributed by atoms with Crippen molar-refractivity contribution in [2.24, 2.45) is 5.92 Å². The number of rotatable bonds is 2. The molecule has 0 spiro atoms. The van der Waals surface area contributed by atoms with Crippen molar-refractivity contribution in [2.75, 3.05) is 32.7 Å². The number of piperazine rings is 2. The third-order valence-electron chi connectivity index (χ3n) is 6.52. The largest absolute Gasteiger partial charge is 0.405 e. The zero-order valence-electron chi connectivity index (χ0n) is 15.7. The van der Waals surface area contributed by atoms with E-state index in [-0.39, 0.29) is 11.8 Å². The van der Waals surface area contributed by atoms with Crippen molar-refractivity contribution in [1.29, 1.82) is 5.26 Å². The van der Waals surface area contributed by atoms with Crippen LogP contribution in [0.3, 0.4) is 0 Å². The van der Waals surface area contributed by atoms with Crippen LogP contribution in [0.5, 0.6) is 0 Å². The Morgan fingerprint density at radius 2 is 1.82 bits per heavy atom. The Hall–Kier alpha value is -1.18. The molecular formula is C18H26F3N5OS. The second kappa shape index (κ2) is 7.92. The van der Waals surface area contributed by atoms with Gasteiger partial charge in [0.25, 0.3) is 0 Å². The number of nitrogens with one attached hydrogen (secondary N) is 1. The van der Waals surface area contributed by atoms with Crippen LogP contribution in [0.2, 0.25) is 0 Å². The zero-order chi connectivity index (χ0) is 19.9. The summed E-state index contributed by atoms with van der Waals surface area (Å²) in [4.78, 5) is 18.2. The van der Waals surface area contributed by atoms with E-state index in [4.69, 9.17) is 5.26 Å². The molecule has 0 radical (unpaired) electrons. The molecule has 1 aliphatic carbocycles. The minimum Gasteiger partial charge on any atom is -0.315 e. The number of thioether (sulfide) groups is 1. The Morgan fingerprint density at radius 1 is 1.11 bits per heavy atom. The molecular weight excluding hydrogens is 391 g/mol. The van der Waals surface area contributed by atoms with Gasteiger partial charge in [0, 0.05) is 31.4 Å². The smallest absolute Gasteiger partial charge is 0.315 e. The fourth-order valence-electron chi connectivity index (χ4n) is 4.99. The van der Waals surface area contributed by atoms with Gasteiger partial charge in [0.15, 0.2) is 6.19 Å². The summed E-state index contributed by atoms with van der Waals surface area (Å²) in [5.74, 6) is -0.121. The highest BCUT2D eigenvalue weighted by Crippen LogP contribution is 2.45. The summed E-state index contributed by atoms with van der Waals surface area (Å²) in [6.45, 7) is 2.61. The third kappa shape index (κ3) is 3.81. The van der Waals surface area contributed by atoms with Crippen LogP contribution in [0.15, 0.2) is 0 Å². The lowest BCUT2D eigenvalue weighted by molar-refractivity contribution is -0.162. The summed E-state index contributed by atoms with van der Waals surface area (Å²) in [6.07, 6.45) is 2.50. The van der Waals surface area contributed by atoms with Crippen molar-refractivity contribution < 1.29 is 18.0 Å². The van der Waals surface area contributed by atoms with Gasteiger partial charge in [-0.3, -0.25) is 15.0 Å². The van der Waals surface area contributed by atoms with E-state index < -0.39 is 29.0 Å². The Balaban J connectivity index is 1.49. The molecule has 0 bridgehead atoms. The van der Waals surface area contributed by atoms with E-state index in [1.807, 2.05) is 4.90 Å². The van der Waals surface area contributed by atoms with Gasteiger partial charge in [0.1, 0.15) is 17.6 Å². The summed E-state index contributed by atoms with van der Waals surface area (Å²) >= 11 is 1.29. The molecule has 3 aliphatic heterocycles. The van der Waals surface area contributed by atoms with Crippen molar-refractivity contribution in [1.82, 2.24) is 20.0 Å². The standard InChI is InChI=1S/C18H26F3N5OS/c19-18(20,21)15-14(12-4-2-1-3-5-12)28-17(23-15)26-9-8-25-7-6-24(11-22)10-13(25)16(26)27/h12-15,17,23H,1-10H2/t13-,14?,15?,17?/m1/s1. The molecule has 3 saturated heterocycles. The number of nitriles is 1. The third-order valence-corrected chi connectivity index (χ3v) is 8.14. The van der Waals surface area contributed by atoms with Crippen molar-refractivity contribution in [3.05, 3.63) is 0 Å². The first-order chi connectivity index (χ1) is 13.4. The lowest BCUT2D eigenvalue weighted by atomic mass is 9.84. The van der Waals surface area contributed by atoms with Crippen molar-refractivity contribution >= 4 is 17.7 Å². The minimum absolute atomic E-state index is 0.0445. The predicted molar refractivity (Wildman–Crippen MR) is 99.0 cm³/mol. The molecule has 28 heavy (non-hydrogen) atoms. The van der Waals surface area contributed by atoms with Gasteiger partial charge in [-0.2, -0.15) is 18.4 Å². The number of hydrogen-bond donors (Lipinski definition) is 1. The summed E-state index contributed by atoms with van der Waals surface area (Å²) in [7, 11) is 0. The maximum atomic E-state index is 13.7. The number of hydrogen-bond acceptors (Lipinski definition) is 6. The van der Waals surface area contributed by atoms with Crippen molar-refractivity contribution in [2.45, 2.75) is 61.1 Å². The van der Waals surface area contributed by atoms with Crippen LogP contribution in [0, 0.1) is 17.4 Å². The zero-order valence-corrected chi connectivity index (χ0v) is 16.5. The van der Waals surface area contributed by atoms with Crippen LogP contribution in [-0.4, -0.2) is 82.3 Å². The number of amides is 1. The summed E-state index contributed by atoms with van der Waals surface area (Å²) in [5, 5.41) is 11.3. The Bertz CT molecular complexity index is 636. The Morgan fingerprint density at radius 3 is 2.50 bits per heavy atom. The molecule has 6 nitrogen and oxygen atoms in total. The molecule has 0 aromatic carbocycles. The number of fused-ring (bicyclic) bond motifs is 1. The molecule has 4 atom stereocenters. The van der Waals surface area contributed by atoms with Gasteiger partial charge < -0.3 is 9.80 Å². The number of carbonyl (C=O) groups excluding carboxylic acids is 1. The van der Waals surface area contributed by atoms with Crippen LogP contribution in [0.25, 0.3) is 0 Å². The van der Waals surface area contributed by atoms with Gasteiger partial charge in [-0.15, -0.1) is 11.8 Å². The highest BCUT2D eigenvalue weighted by molar-refractivity contribution is 8.00. The normalized spacial score (nSPS) is 35.7. The second-order valence-corrected chi connectivity index (χ2v) is 9.43. The van der Waals surface area contributed by atoms with E-state index >= 15 is 0 Å². The number of carbonyl (C=O) groups is 1. The van der Waals surface area contributed by atoms with Gasteiger partial charge in [0.05, 0.1) is 6.54 Å². The number of halogens is 3. The average molecular weight is 418 g/mol. The molecule has 4 fully saturated rings. The van der Waals surface area contributed by atoms with E-state index in [9.17, 15) is 18.0 Å². The second-order valence-electron chi connectivity index (χ2n) is 8.17.